The molecule has 19 heavy (non-hydrogen) atoms. The van der Waals surface area contributed by atoms with Gasteiger partial charge in [0, 0.05) is 26.0 Å². The molecule has 0 aromatic carbocycles. The topological polar surface area (TPSA) is 24.5 Å². The minimum atomic E-state index is -4.09. The summed E-state index contributed by atoms with van der Waals surface area (Å²) in [7, 11) is 1.68. The van der Waals surface area contributed by atoms with E-state index in [4.69, 9.17) is 4.74 Å². The summed E-state index contributed by atoms with van der Waals surface area (Å²) in [5, 5.41) is 3.34. The molecular formula is C12H23F3N2OS. The van der Waals surface area contributed by atoms with Gasteiger partial charge in [-0.25, -0.2) is 0 Å². The Morgan fingerprint density at radius 3 is 2.58 bits per heavy atom. The smallest absolute Gasteiger partial charge is 0.383 e. The van der Waals surface area contributed by atoms with E-state index in [9.17, 15) is 13.2 Å². The Kier molecular flexibility index (Phi) is 8.13. The van der Waals surface area contributed by atoms with Crippen LogP contribution in [0.4, 0.5) is 13.2 Å². The predicted octanol–water partition coefficient (Wildman–Crippen LogP) is 2.19. The van der Waals surface area contributed by atoms with Gasteiger partial charge in [-0.1, -0.05) is 0 Å². The van der Waals surface area contributed by atoms with Crippen molar-refractivity contribution in [1.29, 1.82) is 0 Å². The molecule has 1 saturated heterocycles. The van der Waals surface area contributed by atoms with Gasteiger partial charge in [-0.05, 0) is 50.2 Å². The van der Waals surface area contributed by atoms with Crippen LogP contribution < -0.4 is 5.32 Å². The molecule has 1 fully saturated rings. The monoisotopic (exact) mass is 300 g/mol. The number of likely N-dealkylation sites (tertiary alicyclic amines) is 1. The quantitative estimate of drug-likeness (QED) is 0.695. The van der Waals surface area contributed by atoms with E-state index in [2.05, 4.69) is 10.2 Å². The first kappa shape index (κ1) is 17.1. The van der Waals surface area contributed by atoms with Crippen molar-refractivity contribution in [3.8, 4) is 0 Å². The van der Waals surface area contributed by atoms with Crippen LogP contribution in [0.2, 0.25) is 0 Å². The van der Waals surface area contributed by atoms with E-state index in [0.717, 1.165) is 39.0 Å². The van der Waals surface area contributed by atoms with Crippen LogP contribution in [-0.4, -0.2) is 62.6 Å². The van der Waals surface area contributed by atoms with Crippen LogP contribution in [0.5, 0.6) is 0 Å². The van der Waals surface area contributed by atoms with Crippen LogP contribution in [0.15, 0.2) is 0 Å². The maximum absolute atomic E-state index is 12.0. The highest BCUT2D eigenvalue weighted by molar-refractivity contribution is 8.00. The number of methoxy groups -OCH3 is 1. The summed E-state index contributed by atoms with van der Waals surface area (Å²) in [5.74, 6) is 0.781. The average molecular weight is 300 g/mol. The highest BCUT2D eigenvalue weighted by Crippen LogP contribution is 2.30. The summed E-state index contributed by atoms with van der Waals surface area (Å²) in [6.07, 6.45) is 2.13. The third-order valence-corrected chi connectivity index (χ3v) is 4.01. The van der Waals surface area contributed by atoms with Gasteiger partial charge in [0.05, 0.1) is 6.61 Å². The predicted molar refractivity (Wildman–Crippen MR) is 72.4 cm³/mol. The molecule has 7 heteroatoms. The SMILES string of the molecule is COCCNCC1CCN(CCSC(F)(F)F)CC1. The van der Waals surface area contributed by atoms with E-state index in [1.165, 1.54) is 0 Å². The number of hydrogen-bond acceptors (Lipinski definition) is 4. The van der Waals surface area contributed by atoms with Crippen LogP contribution in [0.3, 0.4) is 0 Å². The van der Waals surface area contributed by atoms with E-state index in [0.29, 0.717) is 19.1 Å². The van der Waals surface area contributed by atoms with Gasteiger partial charge in [-0.2, -0.15) is 13.2 Å². The van der Waals surface area contributed by atoms with Crippen molar-refractivity contribution in [3.05, 3.63) is 0 Å². The maximum Gasteiger partial charge on any atom is 0.441 e. The molecule has 1 aliphatic rings. The lowest BCUT2D eigenvalue weighted by Gasteiger charge is -2.32. The Labute approximate surface area is 117 Å². The molecule has 1 heterocycles. The molecule has 0 aromatic rings. The third kappa shape index (κ3) is 8.73. The zero-order chi connectivity index (χ0) is 14.1. The largest absolute Gasteiger partial charge is 0.441 e. The van der Waals surface area contributed by atoms with Gasteiger partial charge < -0.3 is 15.0 Å². The number of piperidine rings is 1. The van der Waals surface area contributed by atoms with Gasteiger partial charge in [0.2, 0.25) is 0 Å². The Morgan fingerprint density at radius 2 is 2.00 bits per heavy atom. The van der Waals surface area contributed by atoms with Crippen LogP contribution in [0.1, 0.15) is 12.8 Å². The second kappa shape index (κ2) is 9.05. The van der Waals surface area contributed by atoms with Crippen LogP contribution in [0, 0.1) is 5.92 Å². The molecule has 3 nitrogen and oxygen atoms in total. The first-order valence-corrected chi connectivity index (χ1v) is 7.62. The van der Waals surface area contributed by atoms with Gasteiger partial charge in [0.15, 0.2) is 0 Å². The van der Waals surface area contributed by atoms with Crippen LogP contribution in [0.25, 0.3) is 0 Å². The number of thioether (sulfide) groups is 1. The second-order valence-electron chi connectivity index (χ2n) is 4.78. The molecule has 1 rings (SSSR count). The van der Waals surface area contributed by atoms with Crippen LogP contribution in [-0.2, 0) is 4.74 Å². The summed E-state index contributed by atoms with van der Waals surface area (Å²) in [6.45, 7) is 4.92. The molecule has 1 aliphatic heterocycles. The van der Waals surface area contributed by atoms with Crippen molar-refractivity contribution in [2.45, 2.75) is 18.3 Å². The summed E-state index contributed by atoms with van der Waals surface area (Å²) in [6, 6.07) is 0. The molecule has 0 amide bonds. The second-order valence-corrected chi connectivity index (χ2v) is 5.94. The number of hydrogen-bond donors (Lipinski definition) is 1. The molecule has 0 radical (unpaired) electrons. The van der Waals surface area contributed by atoms with Crippen LogP contribution >= 0.6 is 11.8 Å². The van der Waals surface area contributed by atoms with E-state index in [1.54, 1.807) is 7.11 Å². The summed E-state index contributed by atoms with van der Waals surface area (Å²) in [4.78, 5) is 2.13. The lowest BCUT2D eigenvalue weighted by atomic mass is 9.97. The molecule has 0 atom stereocenters. The molecular weight excluding hydrogens is 277 g/mol. The van der Waals surface area contributed by atoms with E-state index in [-0.39, 0.29) is 17.5 Å². The standard InChI is InChI=1S/C12H23F3N2OS/c1-18-8-4-16-10-11-2-5-17(6-3-11)7-9-19-12(13,14)15/h11,16H,2-10H2,1H3. The molecule has 0 spiro atoms. The van der Waals surface area contributed by atoms with Gasteiger partial charge in [0.25, 0.3) is 0 Å². The Balaban J connectivity index is 2.02. The van der Waals surface area contributed by atoms with Crippen molar-refractivity contribution in [2.75, 3.05) is 52.2 Å². The van der Waals surface area contributed by atoms with E-state index in [1.807, 2.05) is 0 Å². The number of rotatable bonds is 8. The third-order valence-electron chi connectivity index (χ3n) is 3.30. The molecule has 0 aromatic heterocycles. The van der Waals surface area contributed by atoms with Crippen molar-refractivity contribution >= 4 is 11.8 Å². The molecule has 0 unspecified atom stereocenters. The Hall–Kier alpha value is 0.0200. The Morgan fingerprint density at radius 1 is 1.32 bits per heavy atom. The van der Waals surface area contributed by atoms with Gasteiger partial charge in [-0.3, -0.25) is 0 Å². The number of ether oxygens (including phenoxy) is 1. The highest BCUT2D eigenvalue weighted by Gasteiger charge is 2.28. The number of nitrogens with one attached hydrogen (secondary N) is 1. The minimum absolute atomic E-state index is 0.0795. The van der Waals surface area contributed by atoms with Crippen molar-refractivity contribution in [2.24, 2.45) is 5.92 Å². The Bertz CT molecular complexity index is 234. The zero-order valence-corrected chi connectivity index (χ0v) is 12.2. The highest BCUT2D eigenvalue weighted by atomic mass is 32.2. The van der Waals surface area contributed by atoms with Crippen molar-refractivity contribution < 1.29 is 17.9 Å². The molecule has 1 N–H and O–H groups in total. The van der Waals surface area contributed by atoms with Crippen molar-refractivity contribution in [1.82, 2.24) is 10.2 Å². The number of nitrogens with zero attached hydrogens (tertiary/aromatic N) is 1. The molecule has 0 saturated carbocycles. The molecule has 114 valence electrons. The average Bonchev–Trinajstić information content (AvgIpc) is 2.35. The van der Waals surface area contributed by atoms with Gasteiger partial charge >= 0.3 is 5.51 Å². The number of halogens is 3. The first-order chi connectivity index (χ1) is 9.01. The zero-order valence-electron chi connectivity index (χ0n) is 11.3. The normalized spacial score (nSPS) is 18.9. The molecule has 0 bridgehead atoms. The van der Waals surface area contributed by atoms with Gasteiger partial charge in [0.1, 0.15) is 0 Å². The summed E-state index contributed by atoms with van der Waals surface area (Å²) >= 11 is 0.0795. The number of alkyl halides is 3. The lowest BCUT2D eigenvalue weighted by molar-refractivity contribution is -0.0329. The fraction of sp³-hybridized carbons (Fsp3) is 1.00. The fourth-order valence-electron chi connectivity index (χ4n) is 2.19. The lowest BCUT2D eigenvalue weighted by Crippen LogP contribution is -2.39. The fourth-order valence-corrected chi connectivity index (χ4v) is 2.77. The molecule has 0 aliphatic carbocycles. The summed E-state index contributed by atoms with van der Waals surface area (Å²) in [5.41, 5.74) is -4.09. The first-order valence-electron chi connectivity index (χ1n) is 6.64. The van der Waals surface area contributed by atoms with E-state index >= 15 is 0 Å². The summed E-state index contributed by atoms with van der Waals surface area (Å²) < 4.78 is 41.0. The van der Waals surface area contributed by atoms with Gasteiger partial charge in [-0.15, -0.1) is 0 Å². The van der Waals surface area contributed by atoms with E-state index < -0.39 is 5.51 Å². The minimum Gasteiger partial charge on any atom is -0.383 e. The van der Waals surface area contributed by atoms with Crippen molar-refractivity contribution in [3.63, 3.8) is 0 Å². The maximum atomic E-state index is 12.0.